The van der Waals surface area contributed by atoms with Gasteiger partial charge in [-0.25, -0.2) is 4.98 Å². The van der Waals surface area contributed by atoms with Crippen LogP contribution in [0.4, 0.5) is 0 Å². The van der Waals surface area contributed by atoms with Crippen molar-refractivity contribution in [3.05, 3.63) is 54.6 Å². The maximum Gasteiger partial charge on any atom is 0.289 e. The van der Waals surface area contributed by atoms with E-state index in [4.69, 9.17) is 13.6 Å². The van der Waals surface area contributed by atoms with Crippen molar-refractivity contribution in [3.8, 4) is 11.5 Å². The highest BCUT2D eigenvalue weighted by atomic mass is 16.5. The molecule has 7 nitrogen and oxygen atoms in total. The molecule has 25 heavy (non-hydrogen) atoms. The van der Waals surface area contributed by atoms with Crippen molar-refractivity contribution >= 4 is 5.91 Å². The van der Waals surface area contributed by atoms with Crippen LogP contribution in [0.3, 0.4) is 0 Å². The van der Waals surface area contributed by atoms with Gasteiger partial charge in [-0.15, -0.1) is 0 Å². The van der Waals surface area contributed by atoms with Gasteiger partial charge in [0.15, 0.2) is 11.5 Å². The molecule has 3 aromatic heterocycles. The highest BCUT2D eigenvalue weighted by molar-refractivity contribution is 5.91. The molecule has 128 valence electrons. The maximum atomic E-state index is 12.5. The minimum absolute atomic E-state index is 0.0897. The number of nitrogens with zero attached hydrogens (tertiary/aromatic N) is 3. The summed E-state index contributed by atoms with van der Waals surface area (Å²) in [7, 11) is 0. The molecule has 2 aliphatic rings. The first kappa shape index (κ1) is 14.5. The molecule has 5 heterocycles. The van der Waals surface area contributed by atoms with Gasteiger partial charge in [-0.3, -0.25) is 4.79 Å². The van der Waals surface area contributed by atoms with Gasteiger partial charge in [0.2, 0.25) is 0 Å². The summed E-state index contributed by atoms with van der Waals surface area (Å²) in [4.78, 5) is 18.8. The Hall–Kier alpha value is -2.80. The number of aromatic nitrogens is 2. The third-order valence-electron chi connectivity index (χ3n) is 5.00. The minimum atomic E-state index is -0.392. The van der Waals surface area contributed by atoms with E-state index in [1.807, 2.05) is 18.3 Å². The zero-order chi connectivity index (χ0) is 16.9. The highest BCUT2D eigenvalue weighted by Crippen LogP contribution is 2.35. The fraction of sp³-hybridized carbons (Fsp3) is 0.333. The number of fused-ring (bicyclic) bond motifs is 1. The summed E-state index contributed by atoms with van der Waals surface area (Å²) in [5.41, 5.74) is 0.551. The van der Waals surface area contributed by atoms with E-state index >= 15 is 0 Å². The lowest BCUT2D eigenvalue weighted by molar-refractivity contribution is -0.0806. The average molecular weight is 339 g/mol. The molecule has 1 atom stereocenters. The number of carbonyl (C=O) groups excluding carboxylic acids is 1. The molecule has 0 aliphatic carbocycles. The second-order valence-electron chi connectivity index (χ2n) is 6.55. The topological polar surface area (TPSA) is 73.6 Å². The second kappa shape index (κ2) is 5.35. The van der Waals surface area contributed by atoms with Crippen molar-refractivity contribution in [2.24, 2.45) is 0 Å². The van der Waals surface area contributed by atoms with E-state index < -0.39 is 5.60 Å². The van der Waals surface area contributed by atoms with Gasteiger partial charge in [-0.05, 0) is 30.7 Å². The predicted molar refractivity (Wildman–Crippen MR) is 86.7 cm³/mol. The molecule has 0 aromatic carbocycles. The van der Waals surface area contributed by atoms with Crippen LogP contribution in [0.15, 0.2) is 51.8 Å². The lowest BCUT2D eigenvalue weighted by Crippen LogP contribution is -2.45. The van der Waals surface area contributed by atoms with Crippen LogP contribution < -0.4 is 0 Å². The number of hydrogen-bond donors (Lipinski definition) is 0. The monoisotopic (exact) mass is 339 g/mol. The molecule has 0 bridgehead atoms. The first-order valence-corrected chi connectivity index (χ1v) is 8.29. The summed E-state index contributed by atoms with van der Waals surface area (Å²) < 4.78 is 19.0. The molecule has 0 N–H and O–H groups in total. The number of carbonyl (C=O) groups is 1. The lowest BCUT2D eigenvalue weighted by atomic mass is 10.0. The molecular weight excluding hydrogens is 322 g/mol. The Kier molecular flexibility index (Phi) is 3.11. The molecule has 3 aromatic rings. The van der Waals surface area contributed by atoms with E-state index in [9.17, 15) is 4.79 Å². The van der Waals surface area contributed by atoms with Crippen molar-refractivity contribution < 1.29 is 18.4 Å². The lowest BCUT2D eigenvalue weighted by Gasteiger charge is -2.34. The smallest absolute Gasteiger partial charge is 0.289 e. The number of rotatable bonds is 2. The standard InChI is InChI=1S/C18H17N3O4/c22-17(15-4-2-8-24-15)20-6-5-18(11-20)12-21-13(14-3-1-7-23-14)9-19-16(21)10-25-18/h1-4,7-9H,5-6,10-12H2/t18-/m0/s1. The Morgan fingerprint density at radius 2 is 2.04 bits per heavy atom. The summed E-state index contributed by atoms with van der Waals surface area (Å²) in [6.45, 7) is 2.28. The predicted octanol–water partition coefficient (Wildman–Crippen LogP) is 2.55. The van der Waals surface area contributed by atoms with Crippen LogP contribution in [0.1, 0.15) is 22.8 Å². The third-order valence-corrected chi connectivity index (χ3v) is 5.00. The Bertz CT molecular complexity index is 897. The van der Waals surface area contributed by atoms with Gasteiger partial charge in [0.25, 0.3) is 5.91 Å². The molecule has 2 aliphatic heterocycles. The maximum absolute atomic E-state index is 12.5. The average Bonchev–Trinajstić information content (AvgIpc) is 3.41. The number of likely N-dealkylation sites (tertiary alicyclic amines) is 1. The van der Waals surface area contributed by atoms with E-state index in [1.54, 1.807) is 23.3 Å². The van der Waals surface area contributed by atoms with E-state index in [0.29, 0.717) is 32.0 Å². The largest absolute Gasteiger partial charge is 0.463 e. The number of amides is 1. The molecule has 7 heteroatoms. The molecule has 1 amide bonds. The Balaban J connectivity index is 1.40. The number of imidazole rings is 1. The van der Waals surface area contributed by atoms with Crippen LogP contribution in [0, 0.1) is 0 Å². The van der Waals surface area contributed by atoms with Crippen molar-refractivity contribution in [2.75, 3.05) is 13.1 Å². The van der Waals surface area contributed by atoms with Crippen molar-refractivity contribution in [1.82, 2.24) is 14.5 Å². The van der Waals surface area contributed by atoms with Crippen LogP contribution in [-0.4, -0.2) is 39.0 Å². The Morgan fingerprint density at radius 1 is 1.16 bits per heavy atom. The molecule has 0 saturated carbocycles. The molecule has 1 spiro atoms. The van der Waals surface area contributed by atoms with Crippen molar-refractivity contribution in [3.63, 3.8) is 0 Å². The number of furan rings is 2. The van der Waals surface area contributed by atoms with E-state index in [-0.39, 0.29) is 5.91 Å². The van der Waals surface area contributed by atoms with Crippen LogP contribution in [0.2, 0.25) is 0 Å². The van der Waals surface area contributed by atoms with Gasteiger partial charge >= 0.3 is 0 Å². The summed E-state index contributed by atoms with van der Waals surface area (Å²) in [6.07, 6.45) is 5.78. The zero-order valence-electron chi connectivity index (χ0n) is 13.6. The van der Waals surface area contributed by atoms with E-state index in [0.717, 1.165) is 23.7 Å². The second-order valence-corrected chi connectivity index (χ2v) is 6.55. The normalized spacial score (nSPS) is 22.5. The van der Waals surface area contributed by atoms with Gasteiger partial charge in [0.1, 0.15) is 23.7 Å². The summed E-state index contributed by atoms with van der Waals surface area (Å²) in [5.74, 6) is 1.95. The number of ether oxygens (including phenoxy) is 1. The van der Waals surface area contributed by atoms with Crippen molar-refractivity contribution in [1.29, 1.82) is 0 Å². The number of hydrogen-bond acceptors (Lipinski definition) is 5. The van der Waals surface area contributed by atoms with Gasteiger partial charge in [-0.1, -0.05) is 0 Å². The van der Waals surface area contributed by atoms with Crippen LogP contribution in [-0.2, 0) is 17.9 Å². The molecule has 0 radical (unpaired) electrons. The summed E-state index contributed by atoms with van der Waals surface area (Å²) in [6, 6.07) is 7.21. The summed E-state index contributed by atoms with van der Waals surface area (Å²) in [5, 5.41) is 0. The SMILES string of the molecule is O=C(c1ccco1)N1CC[C@]2(C1)Cn1c(-c3ccco3)cnc1CO2. The Labute approximate surface area is 143 Å². The molecule has 1 fully saturated rings. The fourth-order valence-electron chi connectivity index (χ4n) is 3.70. The zero-order valence-corrected chi connectivity index (χ0v) is 13.6. The molecule has 1 saturated heterocycles. The highest BCUT2D eigenvalue weighted by Gasteiger charge is 2.45. The molecule has 5 rings (SSSR count). The van der Waals surface area contributed by atoms with Gasteiger partial charge < -0.3 is 23.0 Å². The van der Waals surface area contributed by atoms with Crippen LogP contribution >= 0.6 is 0 Å². The quantitative estimate of drug-likeness (QED) is 0.717. The van der Waals surface area contributed by atoms with E-state index in [1.165, 1.54) is 6.26 Å². The molecule has 0 unspecified atom stereocenters. The minimum Gasteiger partial charge on any atom is -0.463 e. The van der Waals surface area contributed by atoms with Crippen LogP contribution in [0.5, 0.6) is 0 Å². The van der Waals surface area contributed by atoms with Gasteiger partial charge in [-0.2, -0.15) is 0 Å². The summed E-state index contributed by atoms with van der Waals surface area (Å²) >= 11 is 0. The van der Waals surface area contributed by atoms with Gasteiger partial charge in [0.05, 0.1) is 31.8 Å². The fourth-order valence-corrected chi connectivity index (χ4v) is 3.70. The Morgan fingerprint density at radius 3 is 2.84 bits per heavy atom. The van der Waals surface area contributed by atoms with Crippen LogP contribution in [0.25, 0.3) is 11.5 Å². The molecular formula is C18H17N3O4. The van der Waals surface area contributed by atoms with Crippen molar-refractivity contribution in [2.45, 2.75) is 25.2 Å². The van der Waals surface area contributed by atoms with Gasteiger partial charge in [0, 0.05) is 6.54 Å². The third kappa shape index (κ3) is 2.31. The van der Waals surface area contributed by atoms with E-state index in [2.05, 4.69) is 9.55 Å². The first-order valence-electron chi connectivity index (χ1n) is 8.29. The first-order chi connectivity index (χ1) is 12.2.